The Morgan fingerprint density at radius 1 is 1.06 bits per heavy atom. The lowest BCUT2D eigenvalue weighted by Crippen LogP contribution is -2.50. The molecule has 2 amide bonds. The Balaban J connectivity index is 1.73. The summed E-state index contributed by atoms with van der Waals surface area (Å²) in [6, 6.07) is 12.9. The average molecular weight is 439 g/mol. The van der Waals surface area contributed by atoms with E-state index in [-0.39, 0.29) is 24.5 Å². The van der Waals surface area contributed by atoms with E-state index >= 15 is 0 Å². The van der Waals surface area contributed by atoms with Crippen LogP contribution in [0.5, 0.6) is 11.5 Å². The van der Waals surface area contributed by atoms with Crippen molar-refractivity contribution in [2.75, 3.05) is 13.7 Å². The maximum atomic E-state index is 13.2. The molecule has 1 atom stereocenters. The van der Waals surface area contributed by atoms with Gasteiger partial charge >= 0.3 is 0 Å². The van der Waals surface area contributed by atoms with Crippen molar-refractivity contribution in [3.63, 3.8) is 0 Å². The van der Waals surface area contributed by atoms with Gasteiger partial charge in [0.05, 0.1) is 7.11 Å². The molecule has 0 saturated heterocycles. The van der Waals surface area contributed by atoms with E-state index in [0.29, 0.717) is 18.0 Å². The van der Waals surface area contributed by atoms with Gasteiger partial charge in [-0.2, -0.15) is 0 Å². The minimum Gasteiger partial charge on any atom is -0.497 e. The summed E-state index contributed by atoms with van der Waals surface area (Å²) in [5.41, 5.74) is 3.16. The van der Waals surface area contributed by atoms with Gasteiger partial charge in [0.15, 0.2) is 6.61 Å². The molecule has 6 heteroatoms. The van der Waals surface area contributed by atoms with Gasteiger partial charge in [0.25, 0.3) is 5.91 Å². The third kappa shape index (κ3) is 6.25. The highest BCUT2D eigenvalue weighted by atomic mass is 16.5. The van der Waals surface area contributed by atoms with Crippen LogP contribution in [0, 0.1) is 13.8 Å². The molecule has 0 aromatic heterocycles. The number of nitrogens with one attached hydrogen (secondary N) is 1. The van der Waals surface area contributed by atoms with Gasteiger partial charge in [0.1, 0.15) is 17.5 Å². The van der Waals surface area contributed by atoms with Gasteiger partial charge in [-0.3, -0.25) is 9.59 Å². The molecule has 0 unspecified atom stereocenters. The van der Waals surface area contributed by atoms with Crippen LogP contribution in [0.1, 0.15) is 49.3 Å². The van der Waals surface area contributed by atoms with Gasteiger partial charge in [-0.25, -0.2) is 0 Å². The molecular weight excluding hydrogens is 404 g/mol. The van der Waals surface area contributed by atoms with E-state index in [0.717, 1.165) is 36.8 Å². The molecule has 0 heterocycles. The summed E-state index contributed by atoms with van der Waals surface area (Å²) < 4.78 is 11.1. The van der Waals surface area contributed by atoms with Gasteiger partial charge in [0.2, 0.25) is 5.91 Å². The zero-order valence-corrected chi connectivity index (χ0v) is 19.5. The van der Waals surface area contributed by atoms with Crippen molar-refractivity contribution in [2.24, 2.45) is 0 Å². The first-order valence-electron chi connectivity index (χ1n) is 11.3. The molecule has 1 aliphatic carbocycles. The fraction of sp³-hybridized carbons (Fsp3) is 0.462. The summed E-state index contributed by atoms with van der Waals surface area (Å²) in [6.07, 6.45) is 4.27. The second-order valence-electron chi connectivity index (χ2n) is 8.57. The highest BCUT2D eigenvalue weighted by Gasteiger charge is 2.28. The number of methoxy groups -OCH3 is 1. The van der Waals surface area contributed by atoms with Crippen molar-refractivity contribution in [2.45, 2.75) is 65.1 Å². The maximum Gasteiger partial charge on any atom is 0.261 e. The number of hydrogen-bond acceptors (Lipinski definition) is 4. The third-order valence-electron chi connectivity index (χ3n) is 6.20. The summed E-state index contributed by atoms with van der Waals surface area (Å²) in [5.74, 6) is 0.995. The van der Waals surface area contributed by atoms with Crippen LogP contribution in [0.2, 0.25) is 0 Å². The fourth-order valence-corrected chi connectivity index (χ4v) is 3.97. The molecular formula is C26H34N2O4. The number of aryl methyl sites for hydroxylation is 2. The highest BCUT2D eigenvalue weighted by molar-refractivity contribution is 5.88. The van der Waals surface area contributed by atoms with Crippen LogP contribution in [0.25, 0.3) is 0 Å². The molecule has 2 aromatic rings. The van der Waals surface area contributed by atoms with Gasteiger partial charge in [0, 0.05) is 12.6 Å². The Bertz CT molecular complexity index is 937. The first-order chi connectivity index (χ1) is 15.4. The Hall–Kier alpha value is -3.02. The summed E-state index contributed by atoms with van der Waals surface area (Å²) >= 11 is 0. The van der Waals surface area contributed by atoms with Crippen molar-refractivity contribution in [3.05, 3.63) is 59.2 Å². The second kappa shape index (κ2) is 11.0. The predicted molar refractivity (Wildman–Crippen MR) is 125 cm³/mol. The van der Waals surface area contributed by atoms with Crippen LogP contribution in [-0.4, -0.2) is 42.5 Å². The number of hydrogen-bond donors (Lipinski definition) is 1. The number of carbonyl (C=O) groups is 2. The van der Waals surface area contributed by atoms with E-state index in [1.54, 1.807) is 18.9 Å². The first-order valence-corrected chi connectivity index (χ1v) is 11.3. The maximum absolute atomic E-state index is 13.2. The minimum absolute atomic E-state index is 0.126. The Morgan fingerprint density at radius 3 is 2.50 bits per heavy atom. The number of ether oxygens (including phenoxy) is 2. The van der Waals surface area contributed by atoms with Crippen molar-refractivity contribution >= 4 is 11.8 Å². The van der Waals surface area contributed by atoms with Crippen molar-refractivity contribution in [1.82, 2.24) is 10.2 Å². The molecule has 2 aromatic carbocycles. The molecule has 6 nitrogen and oxygen atoms in total. The van der Waals surface area contributed by atoms with Crippen LogP contribution in [0.15, 0.2) is 42.5 Å². The number of rotatable bonds is 9. The van der Waals surface area contributed by atoms with Crippen LogP contribution in [0.4, 0.5) is 0 Å². The molecule has 0 spiro atoms. The monoisotopic (exact) mass is 438 g/mol. The number of amides is 2. The van der Waals surface area contributed by atoms with Crippen LogP contribution >= 0.6 is 0 Å². The van der Waals surface area contributed by atoms with Crippen molar-refractivity contribution in [1.29, 1.82) is 0 Å². The van der Waals surface area contributed by atoms with Crippen molar-refractivity contribution in [3.8, 4) is 11.5 Å². The number of benzene rings is 2. The van der Waals surface area contributed by atoms with Crippen molar-refractivity contribution < 1.29 is 19.1 Å². The summed E-state index contributed by atoms with van der Waals surface area (Å²) in [7, 11) is 1.61. The Morgan fingerprint density at radius 2 is 1.81 bits per heavy atom. The number of carbonyl (C=O) groups excluding carboxylic acids is 2. The lowest BCUT2D eigenvalue weighted by Gasteiger charge is -2.29. The second-order valence-corrected chi connectivity index (χ2v) is 8.57. The predicted octanol–water partition coefficient (Wildman–Crippen LogP) is 4.17. The quantitative estimate of drug-likeness (QED) is 0.638. The molecule has 0 radical (unpaired) electrons. The van der Waals surface area contributed by atoms with E-state index in [1.165, 1.54) is 5.56 Å². The van der Waals surface area contributed by atoms with E-state index in [2.05, 4.69) is 5.32 Å². The number of nitrogens with zero attached hydrogens (tertiary/aromatic N) is 1. The summed E-state index contributed by atoms with van der Waals surface area (Å²) in [5, 5.41) is 3.11. The van der Waals surface area contributed by atoms with Crippen LogP contribution in [-0.2, 0) is 16.1 Å². The zero-order chi connectivity index (χ0) is 23.1. The van der Waals surface area contributed by atoms with Gasteiger partial charge in [-0.05, 0) is 74.6 Å². The standard InChI is InChI=1S/C26H34N2O4/c1-18-12-13-24(14-19(18)2)32-17-25(29)28(16-21-8-7-11-23(15-21)31-4)20(3)26(30)27-22-9-5-6-10-22/h7-8,11-15,20,22H,5-6,9-10,16-17H2,1-4H3,(H,27,30)/t20-/m0/s1. The molecule has 0 bridgehead atoms. The molecule has 0 aliphatic heterocycles. The van der Waals surface area contributed by atoms with Crippen LogP contribution in [0.3, 0.4) is 0 Å². The Labute approximate surface area is 190 Å². The van der Waals surface area contributed by atoms with Gasteiger partial charge < -0.3 is 19.7 Å². The summed E-state index contributed by atoms with van der Waals surface area (Å²) in [6.45, 7) is 5.98. The minimum atomic E-state index is -0.613. The highest BCUT2D eigenvalue weighted by Crippen LogP contribution is 2.20. The van der Waals surface area contributed by atoms with E-state index in [9.17, 15) is 9.59 Å². The van der Waals surface area contributed by atoms with Crippen LogP contribution < -0.4 is 14.8 Å². The molecule has 32 heavy (non-hydrogen) atoms. The summed E-state index contributed by atoms with van der Waals surface area (Å²) in [4.78, 5) is 27.7. The van der Waals surface area contributed by atoms with E-state index in [4.69, 9.17) is 9.47 Å². The molecule has 1 saturated carbocycles. The van der Waals surface area contributed by atoms with Gasteiger partial charge in [-0.1, -0.05) is 31.0 Å². The molecule has 1 fully saturated rings. The Kier molecular flexibility index (Phi) is 8.14. The van der Waals surface area contributed by atoms with E-state index < -0.39 is 6.04 Å². The fourth-order valence-electron chi connectivity index (χ4n) is 3.97. The molecule has 1 aliphatic rings. The first kappa shape index (κ1) is 23.6. The molecule has 1 N–H and O–H groups in total. The van der Waals surface area contributed by atoms with E-state index in [1.807, 2.05) is 56.3 Å². The lowest BCUT2D eigenvalue weighted by atomic mass is 10.1. The zero-order valence-electron chi connectivity index (χ0n) is 19.5. The normalized spacial score (nSPS) is 14.6. The lowest BCUT2D eigenvalue weighted by molar-refractivity contribution is -0.142. The smallest absolute Gasteiger partial charge is 0.261 e. The SMILES string of the molecule is COc1cccc(CN(C(=O)COc2ccc(C)c(C)c2)[C@@H](C)C(=O)NC2CCCC2)c1. The average Bonchev–Trinajstić information content (AvgIpc) is 3.30. The molecule has 172 valence electrons. The third-order valence-corrected chi connectivity index (χ3v) is 6.20. The van der Waals surface area contributed by atoms with Gasteiger partial charge in [-0.15, -0.1) is 0 Å². The largest absolute Gasteiger partial charge is 0.497 e. The molecule has 3 rings (SSSR count). The topological polar surface area (TPSA) is 67.9 Å².